The first-order valence-electron chi connectivity index (χ1n) is 9.44. The SMILES string of the molecule is NC1=NCc2c(CCc3ccc(C(=O)N[C@@H](CCC(=O)O)C(=O)O)cc3)c[nH]c2N1. The lowest BCUT2D eigenvalue weighted by Crippen LogP contribution is -2.41. The summed E-state index contributed by atoms with van der Waals surface area (Å²) in [5, 5.41) is 23.2. The van der Waals surface area contributed by atoms with Crippen molar-refractivity contribution in [3.05, 3.63) is 52.7 Å². The molecule has 30 heavy (non-hydrogen) atoms. The highest BCUT2D eigenvalue weighted by Gasteiger charge is 2.21. The summed E-state index contributed by atoms with van der Waals surface area (Å²) in [6, 6.07) is 5.63. The van der Waals surface area contributed by atoms with Crippen molar-refractivity contribution < 1.29 is 24.6 Å². The third-order valence-corrected chi connectivity index (χ3v) is 4.89. The van der Waals surface area contributed by atoms with Gasteiger partial charge in [0.05, 0.1) is 6.54 Å². The fraction of sp³-hybridized carbons (Fsp3) is 0.300. The number of benzene rings is 1. The molecule has 1 aliphatic heterocycles. The average molecular weight is 413 g/mol. The van der Waals surface area contributed by atoms with Crippen molar-refractivity contribution in [3.63, 3.8) is 0 Å². The van der Waals surface area contributed by atoms with Crippen LogP contribution >= 0.6 is 0 Å². The van der Waals surface area contributed by atoms with E-state index in [1.807, 2.05) is 18.3 Å². The van der Waals surface area contributed by atoms with Crippen LogP contribution in [0.25, 0.3) is 0 Å². The van der Waals surface area contributed by atoms with E-state index < -0.39 is 23.9 Å². The molecule has 2 aromatic rings. The number of fused-ring (bicyclic) bond motifs is 1. The van der Waals surface area contributed by atoms with Gasteiger partial charge in [0.25, 0.3) is 5.91 Å². The van der Waals surface area contributed by atoms with Crippen LogP contribution in [0.1, 0.15) is 39.9 Å². The number of aliphatic carboxylic acids is 2. The van der Waals surface area contributed by atoms with Crippen LogP contribution in [-0.4, -0.2) is 45.0 Å². The standard InChI is InChI=1S/C20H23N5O5/c21-20-23-10-14-13(9-22-17(14)25-20)6-3-11-1-4-12(5-2-11)18(28)24-15(19(29)30)7-8-16(26)27/h1-2,4-5,9,15,22H,3,6-8,10H2,(H,24,28)(H,26,27)(H,29,30)(H3,21,23,25)/t15-/m0/s1. The minimum atomic E-state index is -1.27. The maximum absolute atomic E-state index is 12.3. The Morgan fingerprint density at radius 2 is 1.90 bits per heavy atom. The predicted molar refractivity (Wildman–Crippen MR) is 109 cm³/mol. The molecule has 3 rings (SSSR count). The number of aryl methyl sites for hydroxylation is 2. The molecule has 0 fully saturated rings. The number of hydrogen-bond acceptors (Lipinski definition) is 6. The van der Waals surface area contributed by atoms with E-state index in [1.54, 1.807) is 12.1 Å². The van der Waals surface area contributed by atoms with Crippen molar-refractivity contribution in [2.24, 2.45) is 10.7 Å². The number of H-pyrrole nitrogens is 1. The summed E-state index contributed by atoms with van der Waals surface area (Å²) in [6.07, 6.45) is 2.94. The van der Waals surface area contributed by atoms with Gasteiger partial charge in [0.15, 0.2) is 5.96 Å². The lowest BCUT2D eigenvalue weighted by Gasteiger charge is -2.14. The van der Waals surface area contributed by atoms with Gasteiger partial charge in [-0.2, -0.15) is 0 Å². The van der Waals surface area contributed by atoms with Crippen LogP contribution in [0.15, 0.2) is 35.5 Å². The Balaban J connectivity index is 1.57. The molecular weight excluding hydrogens is 390 g/mol. The number of aromatic nitrogens is 1. The molecule has 0 spiro atoms. The summed E-state index contributed by atoms with van der Waals surface area (Å²) in [6.45, 7) is 0.527. The van der Waals surface area contributed by atoms with E-state index in [0.29, 0.717) is 18.1 Å². The lowest BCUT2D eigenvalue weighted by atomic mass is 10.0. The van der Waals surface area contributed by atoms with Gasteiger partial charge in [0.2, 0.25) is 0 Å². The fourth-order valence-electron chi connectivity index (χ4n) is 3.21. The molecule has 0 aliphatic carbocycles. The number of rotatable bonds is 9. The zero-order valence-corrected chi connectivity index (χ0v) is 16.1. The van der Waals surface area contributed by atoms with Crippen LogP contribution < -0.4 is 16.4 Å². The van der Waals surface area contributed by atoms with Gasteiger partial charge in [0, 0.05) is 23.7 Å². The van der Waals surface area contributed by atoms with Crippen LogP contribution in [0.5, 0.6) is 0 Å². The second-order valence-electron chi connectivity index (χ2n) is 6.99. The van der Waals surface area contributed by atoms with Gasteiger partial charge >= 0.3 is 11.9 Å². The van der Waals surface area contributed by atoms with Crippen LogP contribution in [0, 0.1) is 0 Å². The lowest BCUT2D eigenvalue weighted by molar-refractivity contribution is -0.140. The summed E-state index contributed by atoms with van der Waals surface area (Å²) < 4.78 is 0. The zero-order valence-electron chi connectivity index (χ0n) is 16.1. The number of anilines is 1. The molecule has 0 saturated heterocycles. The Bertz CT molecular complexity index is 980. The maximum atomic E-state index is 12.3. The molecule has 0 saturated carbocycles. The number of carbonyl (C=O) groups excluding carboxylic acids is 1. The van der Waals surface area contributed by atoms with Crippen molar-refractivity contribution in [2.45, 2.75) is 38.3 Å². The molecule has 10 nitrogen and oxygen atoms in total. The normalized spacial score (nSPS) is 13.5. The van der Waals surface area contributed by atoms with Crippen LogP contribution in [0.2, 0.25) is 0 Å². The molecule has 10 heteroatoms. The van der Waals surface area contributed by atoms with Crippen LogP contribution in [0.4, 0.5) is 5.82 Å². The summed E-state index contributed by atoms with van der Waals surface area (Å²) in [7, 11) is 0. The third kappa shape index (κ3) is 5.16. The Kier molecular flexibility index (Phi) is 6.35. The summed E-state index contributed by atoms with van der Waals surface area (Å²) >= 11 is 0. The first-order valence-corrected chi connectivity index (χ1v) is 9.44. The second kappa shape index (κ2) is 9.12. The number of carboxylic acid groups (broad SMARTS) is 2. The molecule has 0 radical (unpaired) electrons. The number of aromatic amines is 1. The molecule has 158 valence electrons. The van der Waals surface area contributed by atoms with E-state index in [2.05, 4.69) is 20.6 Å². The van der Waals surface area contributed by atoms with Gasteiger partial charge in [-0.3, -0.25) is 9.59 Å². The van der Waals surface area contributed by atoms with Crippen molar-refractivity contribution in [2.75, 3.05) is 5.32 Å². The van der Waals surface area contributed by atoms with Crippen molar-refractivity contribution >= 4 is 29.6 Å². The monoisotopic (exact) mass is 413 g/mol. The first-order chi connectivity index (χ1) is 14.3. The molecule has 1 aliphatic rings. The van der Waals surface area contributed by atoms with Crippen LogP contribution in [-0.2, 0) is 29.0 Å². The molecule has 2 heterocycles. The topological polar surface area (TPSA) is 170 Å². The number of aliphatic imine (C=N–C) groups is 1. The quantitative estimate of drug-likeness (QED) is 0.357. The molecule has 7 N–H and O–H groups in total. The molecule has 1 amide bonds. The van der Waals surface area contributed by atoms with Crippen LogP contribution in [0.3, 0.4) is 0 Å². The molecule has 1 aromatic carbocycles. The molecule has 0 bridgehead atoms. The van der Waals surface area contributed by atoms with Gasteiger partial charge in [0.1, 0.15) is 11.9 Å². The zero-order chi connectivity index (χ0) is 21.7. The largest absolute Gasteiger partial charge is 0.481 e. The van der Waals surface area contributed by atoms with Gasteiger partial charge < -0.3 is 31.6 Å². The van der Waals surface area contributed by atoms with E-state index in [9.17, 15) is 14.4 Å². The number of amides is 1. The van der Waals surface area contributed by atoms with E-state index >= 15 is 0 Å². The van der Waals surface area contributed by atoms with E-state index in [1.165, 1.54) is 0 Å². The van der Waals surface area contributed by atoms with Crippen molar-refractivity contribution in [1.29, 1.82) is 0 Å². The minimum Gasteiger partial charge on any atom is -0.481 e. The second-order valence-corrected chi connectivity index (χ2v) is 6.99. The highest BCUT2D eigenvalue weighted by Crippen LogP contribution is 2.24. The maximum Gasteiger partial charge on any atom is 0.326 e. The number of hydrogen-bond donors (Lipinski definition) is 6. The molecule has 1 aromatic heterocycles. The minimum absolute atomic E-state index is 0.181. The highest BCUT2D eigenvalue weighted by molar-refractivity contribution is 5.96. The number of nitrogens with two attached hydrogens (primary N) is 1. The summed E-state index contributed by atoms with van der Waals surface area (Å²) in [5.41, 5.74) is 9.22. The smallest absolute Gasteiger partial charge is 0.326 e. The van der Waals surface area contributed by atoms with Gasteiger partial charge in [-0.05, 0) is 42.5 Å². The fourth-order valence-corrected chi connectivity index (χ4v) is 3.21. The van der Waals surface area contributed by atoms with E-state index in [4.69, 9.17) is 15.9 Å². The highest BCUT2D eigenvalue weighted by atomic mass is 16.4. The summed E-state index contributed by atoms with van der Waals surface area (Å²) in [5.74, 6) is -1.69. The van der Waals surface area contributed by atoms with E-state index in [0.717, 1.165) is 35.3 Å². The molecule has 1 atom stereocenters. The molecule has 0 unspecified atom stereocenters. The van der Waals surface area contributed by atoms with Crippen molar-refractivity contribution in [1.82, 2.24) is 10.3 Å². The molecular formula is C20H23N5O5. The Morgan fingerprint density at radius 3 is 2.57 bits per heavy atom. The average Bonchev–Trinajstić information content (AvgIpc) is 3.11. The number of carboxylic acids is 2. The van der Waals surface area contributed by atoms with E-state index in [-0.39, 0.29) is 12.8 Å². The Hall–Kier alpha value is -3.82. The van der Waals surface area contributed by atoms with Gasteiger partial charge in [-0.25, -0.2) is 9.79 Å². The summed E-state index contributed by atoms with van der Waals surface area (Å²) in [4.78, 5) is 41.5. The number of nitrogens with zero attached hydrogens (tertiary/aromatic N) is 1. The third-order valence-electron chi connectivity index (χ3n) is 4.89. The predicted octanol–water partition coefficient (Wildman–Crippen LogP) is 1.09. The van der Waals surface area contributed by atoms with Crippen molar-refractivity contribution in [3.8, 4) is 0 Å². The Labute approximate surface area is 172 Å². The number of nitrogens with one attached hydrogen (secondary N) is 3. The first kappa shape index (κ1) is 20.9. The Morgan fingerprint density at radius 1 is 1.17 bits per heavy atom. The van der Waals surface area contributed by atoms with Gasteiger partial charge in [-0.15, -0.1) is 0 Å². The number of guanidine groups is 1. The number of carbonyl (C=O) groups is 3. The van der Waals surface area contributed by atoms with Gasteiger partial charge in [-0.1, -0.05) is 12.1 Å².